The number of nitrogens with zero attached hydrogens (tertiary/aromatic N) is 5. The Hall–Kier alpha value is -3.34. The van der Waals surface area contributed by atoms with Crippen LogP contribution in [0.5, 0.6) is 0 Å². The van der Waals surface area contributed by atoms with E-state index in [-0.39, 0.29) is 5.92 Å². The molecular weight excluding hydrogens is 552 g/mol. The summed E-state index contributed by atoms with van der Waals surface area (Å²) in [5, 5.41) is 9.61. The molecule has 10 heteroatoms. The number of pyridine rings is 1. The highest BCUT2D eigenvalue weighted by Crippen LogP contribution is 2.34. The maximum absolute atomic E-state index is 13.6. The predicted molar refractivity (Wildman–Crippen MR) is 147 cm³/mol. The number of anilines is 1. The van der Waals surface area contributed by atoms with Crippen LogP contribution in [0.15, 0.2) is 88.6 Å². The minimum Gasteiger partial charge on any atom is -0.366 e. The van der Waals surface area contributed by atoms with Gasteiger partial charge in [0, 0.05) is 55.1 Å². The van der Waals surface area contributed by atoms with Gasteiger partial charge in [-0.3, -0.25) is 4.98 Å². The summed E-state index contributed by atoms with van der Waals surface area (Å²) >= 11 is 3.57. The number of fused-ring (bicyclic) bond motifs is 2. The molecule has 1 fully saturated rings. The standard InChI is InChI=1S/C27H25BrN6O2S/c28-23-18-31-34-26(30-17-19-5-4-12-29-16-19)15-24(32-27(23)34)21-10-13-33(14-11-21)37(35,36)25-9-3-7-20-6-1-2-8-22(20)25/h1-9,12,15-16,18,21,30H,10-11,13-14,17H2. The molecule has 0 radical (unpaired) electrons. The molecule has 1 aliphatic rings. The van der Waals surface area contributed by atoms with E-state index in [1.165, 1.54) is 0 Å². The van der Waals surface area contributed by atoms with Gasteiger partial charge in [0.25, 0.3) is 0 Å². The van der Waals surface area contributed by atoms with E-state index in [1.54, 1.807) is 27.3 Å². The first-order valence-corrected chi connectivity index (χ1v) is 14.4. The first kappa shape index (κ1) is 24.0. The SMILES string of the molecule is O=S(=O)(c1cccc2ccccc12)N1CCC(c2cc(NCc3cccnc3)n3ncc(Br)c3n2)CC1. The summed E-state index contributed by atoms with van der Waals surface area (Å²) in [4.78, 5) is 9.45. The Labute approximate surface area is 223 Å². The van der Waals surface area contributed by atoms with Crippen LogP contribution < -0.4 is 5.32 Å². The third-order valence-corrected chi connectivity index (χ3v) is 9.40. The largest absolute Gasteiger partial charge is 0.366 e. The summed E-state index contributed by atoms with van der Waals surface area (Å²) in [5.41, 5.74) is 2.73. The average molecular weight is 578 g/mol. The van der Waals surface area contributed by atoms with E-state index in [0.717, 1.165) is 38.0 Å². The lowest BCUT2D eigenvalue weighted by Gasteiger charge is -2.31. The number of piperidine rings is 1. The third kappa shape index (κ3) is 4.60. The van der Waals surface area contributed by atoms with Gasteiger partial charge in [-0.1, -0.05) is 42.5 Å². The fraction of sp³-hybridized carbons (Fsp3) is 0.222. The number of aromatic nitrogens is 4. The maximum Gasteiger partial charge on any atom is 0.243 e. The lowest BCUT2D eigenvalue weighted by atomic mass is 9.94. The number of hydrogen-bond donors (Lipinski definition) is 1. The highest BCUT2D eigenvalue weighted by Gasteiger charge is 2.32. The summed E-state index contributed by atoms with van der Waals surface area (Å²) in [5.74, 6) is 0.977. The summed E-state index contributed by atoms with van der Waals surface area (Å²) in [7, 11) is -3.60. The van der Waals surface area contributed by atoms with Crippen molar-refractivity contribution in [3.05, 3.63) is 95.0 Å². The topological polar surface area (TPSA) is 92.5 Å². The molecule has 2 aromatic carbocycles. The fourth-order valence-electron chi connectivity index (χ4n) is 4.94. The van der Waals surface area contributed by atoms with Crippen molar-refractivity contribution >= 4 is 48.2 Å². The van der Waals surface area contributed by atoms with E-state index in [0.29, 0.717) is 37.4 Å². The van der Waals surface area contributed by atoms with Crippen LogP contribution in [0.25, 0.3) is 16.4 Å². The Kier molecular flexibility index (Phi) is 6.39. The number of hydrogen-bond acceptors (Lipinski definition) is 6. The van der Waals surface area contributed by atoms with Crippen LogP contribution in [0.3, 0.4) is 0 Å². The Morgan fingerprint density at radius 3 is 2.62 bits per heavy atom. The van der Waals surface area contributed by atoms with Crippen LogP contribution in [-0.4, -0.2) is 45.4 Å². The van der Waals surface area contributed by atoms with E-state index in [2.05, 4.69) is 31.3 Å². The Balaban J connectivity index is 1.24. The highest BCUT2D eigenvalue weighted by molar-refractivity contribution is 9.10. The number of nitrogens with one attached hydrogen (secondary N) is 1. The first-order valence-electron chi connectivity index (χ1n) is 12.2. The van der Waals surface area contributed by atoms with Gasteiger partial charge >= 0.3 is 0 Å². The van der Waals surface area contributed by atoms with Crippen molar-refractivity contribution in [2.75, 3.05) is 18.4 Å². The number of sulfonamides is 1. The monoisotopic (exact) mass is 576 g/mol. The zero-order valence-corrected chi connectivity index (χ0v) is 22.4. The third-order valence-electron chi connectivity index (χ3n) is 6.88. The minimum atomic E-state index is -3.60. The van der Waals surface area contributed by atoms with E-state index in [1.807, 2.05) is 60.8 Å². The van der Waals surface area contributed by atoms with Crippen molar-refractivity contribution in [1.82, 2.24) is 23.9 Å². The highest BCUT2D eigenvalue weighted by atomic mass is 79.9. The van der Waals surface area contributed by atoms with Gasteiger partial charge < -0.3 is 5.32 Å². The van der Waals surface area contributed by atoms with Crippen LogP contribution in [0.4, 0.5) is 5.82 Å². The molecule has 0 saturated carbocycles. The molecule has 6 rings (SSSR count). The predicted octanol–water partition coefficient (Wildman–Crippen LogP) is 5.22. The zero-order valence-electron chi connectivity index (χ0n) is 20.0. The van der Waals surface area contributed by atoms with E-state index in [4.69, 9.17) is 4.98 Å². The quantitative estimate of drug-likeness (QED) is 0.298. The molecule has 8 nitrogen and oxygen atoms in total. The summed E-state index contributed by atoms with van der Waals surface area (Å²) in [6.45, 7) is 1.50. The molecular formula is C27H25BrN6O2S. The maximum atomic E-state index is 13.6. The van der Waals surface area contributed by atoms with Crippen LogP contribution >= 0.6 is 15.9 Å². The van der Waals surface area contributed by atoms with Crippen molar-refractivity contribution in [2.45, 2.75) is 30.2 Å². The lowest BCUT2D eigenvalue weighted by molar-refractivity contribution is 0.317. The molecule has 1 aliphatic heterocycles. The van der Waals surface area contributed by atoms with E-state index >= 15 is 0 Å². The smallest absolute Gasteiger partial charge is 0.243 e. The van der Waals surface area contributed by atoms with Crippen LogP contribution in [0.1, 0.15) is 30.0 Å². The molecule has 4 heterocycles. The molecule has 37 heavy (non-hydrogen) atoms. The Morgan fingerprint density at radius 2 is 1.81 bits per heavy atom. The average Bonchev–Trinajstić information content (AvgIpc) is 3.32. The van der Waals surface area contributed by atoms with Crippen LogP contribution in [-0.2, 0) is 16.6 Å². The summed E-state index contributed by atoms with van der Waals surface area (Å²) < 4.78 is 31.4. The number of halogens is 1. The Bertz CT molecular complexity index is 1680. The van der Waals surface area contributed by atoms with E-state index in [9.17, 15) is 8.42 Å². The van der Waals surface area contributed by atoms with Crippen molar-refractivity contribution in [3.8, 4) is 0 Å². The molecule has 1 N–H and O–H groups in total. The molecule has 0 amide bonds. The Morgan fingerprint density at radius 1 is 1.00 bits per heavy atom. The van der Waals surface area contributed by atoms with Gasteiger partial charge in [0.2, 0.25) is 10.0 Å². The second-order valence-electron chi connectivity index (χ2n) is 9.16. The normalized spacial score (nSPS) is 15.4. The number of benzene rings is 2. The van der Waals surface area contributed by atoms with Gasteiger partial charge in [0.15, 0.2) is 5.65 Å². The van der Waals surface area contributed by atoms with E-state index < -0.39 is 10.0 Å². The van der Waals surface area contributed by atoms with Gasteiger partial charge in [0.1, 0.15) is 5.82 Å². The van der Waals surface area contributed by atoms with Crippen molar-refractivity contribution < 1.29 is 8.42 Å². The first-order chi connectivity index (χ1) is 18.0. The van der Waals surface area contributed by atoms with Gasteiger partial charge in [-0.25, -0.2) is 13.4 Å². The number of rotatable bonds is 6. The molecule has 0 bridgehead atoms. The van der Waals surface area contributed by atoms with Gasteiger partial charge in [0.05, 0.1) is 15.6 Å². The van der Waals surface area contributed by atoms with Crippen molar-refractivity contribution in [2.24, 2.45) is 0 Å². The fourth-order valence-corrected chi connectivity index (χ4v) is 6.97. The molecule has 1 saturated heterocycles. The van der Waals surface area contributed by atoms with Gasteiger partial charge in [-0.15, -0.1) is 0 Å². The summed E-state index contributed by atoms with van der Waals surface area (Å²) in [6, 6.07) is 19.0. The second kappa shape index (κ2) is 9.85. The minimum absolute atomic E-state index is 0.143. The van der Waals surface area contributed by atoms with Crippen LogP contribution in [0.2, 0.25) is 0 Å². The molecule has 0 aliphatic carbocycles. The second-order valence-corrected chi connectivity index (χ2v) is 11.9. The molecule has 3 aromatic heterocycles. The molecule has 188 valence electrons. The molecule has 0 unspecified atom stereocenters. The van der Waals surface area contributed by atoms with Crippen molar-refractivity contribution in [3.63, 3.8) is 0 Å². The van der Waals surface area contributed by atoms with Crippen molar-refractivity contribution in [1.29, 1.82) is 0 Å². The zero-order chi connectivity index (χ0) is 25.4. The van der Waals surface area contributed by atoms with Crippen LogP contribution in [0, 0.1) is 0 Å². The van der Waals surface area contributed by atoms with Gasteiger partial charge in [-0.2, -0.15) is 13.9 Å². The summed E-state index contributed by atoms with van der Waals surface area (Å²) in [6.07, 6.45) is 6.71. The molecule has 0 atom stereocenters. The lowest BCUT2D eigenvalue weighted by Crippen LogP contribution is -2.38. The molecule has 0 spiro atoms. The molecule has 5 aromatic rings. The van der Waals surface area contributed by atoms with Gasteiger partial charge in [-0.05, 0) is 51.9 Å².